The van der Waals surface area contributed by atoms with Gasteiger partial charge in [0.15, 0.2) is 5.13 Å². The number of anilines is 1. The van der Waals surface area contributed by atoms with Crippen molar-refractivity contribution in [3.05, 3.63) is 65.0 Å². The normalized spacial score (nSPS) is 11.6. The van der Waals surface area contributed by atoms with E-state index in [0.717, 1.165) is 16.1 Å². The lowest BCUT2D eigenvalue weighted by Gasteiger charge is -2.18. The zero-order chi connectivity index (χ0) is 21.0. The van der Waals surface area contributed by atoms with Gasteiger partial charge in [-0.05, 0) is 31.2 Å². The van der Waals surface area contributed by atoms with Crippen molar-refractivity contribution < 1.29 is 13.2 Å². The van der Waals surface area contributed by atoms with E-state index in [1.807, 2.05) is 37.3 Å². The number of rotatable bonds is 7. The largest absolute Gasteiger partial charge is 0.298 e. The first kappa shape index (κ1) is 21.2. The fourth-order valence-corrected chi connectivity index (χ4v) is 5.26. The van der Waals surface area contributed by atoms with Gasteiger partial charge in [0.2, 0.25) is 10.0 Å². The molecule has 1 amide bonds. The van der Waals surface area contributed by atoms with E-state index in [1.54, 1.807) is 13.8 Å². The maximum absolute atomic E-state index is 12.6. The van der Waals surface area contributed by atoms with Crippen LogP contribution in [0.2, 0.25) is 0 Å². The van der Waals surface area contributed by atoms with Crippen molar-refractivity contribution in [2.24, 2.45) is 0 Å². The third-order valence-electron chi connectivity index (χ3n) is 4.52. The number of hydrogen-bond acceptors (Lipinski definition) is 5. The Hall–Kier alpha value is -2.55. The number of carbonyl (C=O) groups excluding carboxylic acids is 1. The molecule has 8 heteroatoms. The second kappa shape index (κ2) is 8.86. The summed E-state index contributed by atoms with van der Waals surface area (Å²) in [5.74, 6) is -0.329. The van der Waals surface area contributed by atoms with Crippen LogP contribution in [0, 0.1) is 6.92 Å². The standard InChI is InChI=1S/C21H23N3O3S2/c1-4-24(5-2)29(26,27)18-13-11-17(12-14-18)20(25)23-21-22-19(15(3)28-21)16-9-7-6-8-10-16/h6-14H,4-5H2,1-3H3,(H,22,23,25). The summed E-state index contributed by atoms with van der Waals surface area (Å²) in [7, 11) is -3.54. The second-order valence-corrected chi connectivity index (χ2v) is 9.50. The molecule has 29 heavy (non-hydrogen) atoms. The van der Waals surface area contributed by atoms with Crippen LogP contribution in [0.25, 0.3) is 11.3 Å². The molecule has 3 rings (SSSR count). The van der Waals surface area contributed by atoms with E-state index in [4.69, 9.17) is 0 Å². The number of benzene rings is 2. The molecule has 1 heterocycles. The topological polar surface area (TPSA) is 79.4 Å². The van der Waals surface area contributed by atoms with Crippen molar-refractivity contribution >= 4 is 32.4 Å². The van der Waals surface area contributed by atoms with Gasteiger partial charge in [0.05, 0.1) is 10.6 Å². The number of amides is 1. The van der Waals surface area contributed by atoms with Crippen LogP contribution in [-0.2, 0) is 10.0 Å². The molecule has 0 unspecified atom stereocenters. The molecule has 3 aromatic rings. The van der Waals surface area contributed by atoms with E-state index in [0.29, 0.717) is 23.8 Å². The molecule has 0 radical (unpaired) electrons. The van der Waals surface area contributed by atoms with Gasteiger partial charge in [-0.1, -0.05) is 44.2 Å². The predicted molar refractivity (Wildman–Crippen MR) is 117 cm³/mol. The molecule has 0 aliphatic carbocycles. The molecule has 1 N–H and O–H groups in total. The molecule has 152 valence electrons. The molecule has 0 spiro atoms. The quantitative estimate of drug-likeness (QED) is 0.604. The van der Waals surface area contributed by atoms with Gasteiger partial charge in [-0.2, -0.15) is 4.31 Å². The molecule has 6 nitrogen and oxygen atoms in total. The van der Waals surface area contributed by atoms with E-state index >= 15 is 0 Å². The average Bonchev–Trinajstić information content (AvgIpc) is 3.09. The van der Waals surface area contributed by atoms with Crippen molar-refractivity contribution in [3.8, 4) is 11.3 Å². The summed E-state index contributed by atoms with van der Waals surface area (Å²) in [6, 6.07) is 15.7. The highest BCUT2D eigenvalue weighted by atomic mass is 32.2. The number of carbonyl (C=O) groups is 1. The maximum Gasteiger partial charge on any atom is 0.257 e. The second-order valence-electron chi connectivity index (χ2n) is 6.36. The molecular weight excluding hydrogens is 406 g/mol. The minimum Gasteiger partial charge on any atom is -0.298 e. The Morgan fingerprint density at radius 1 is 1.03 bits per heavy atom. The van der Waals surface area contributed by atoms with Crippen molar-refractivity contribution in [1.29, 1.82) is 0 Å². The van der Waals surface area contributed by atoms with Crippen LogP contribution < -0.4 is 5.32 Å². The van der Waals surface area contributed by atoms with E-state index in [2.05, 4.69) is 10.3 Å². The number of nitrogens with one attached hydrogen (secondary N) is 1. The fourth-order valence-electron chi connectivity index (χ4n) is 2.97. The highest BCUT2D eigenvalue weighted by molar-refractivity contribution is 7.89. The summed E-state index contributed by atoms with van der Waals surface area (Å²) in [6.07, 6.45) is 0. The van der Waals surface area contributed by atoms with Gasteiger partial charge in [0, 0.05) is 29.1 Å². The molecular formula is C21H23N3O3S2. The SMILES string of the molecule is CCN(CC)S(=O)(=O)c1ccc(C(=O)Nc2nc(-c3ccccc3)c(C)s2)cc1. The smallest absolute Gasteiger partial charge is 0.257 e. The van der Waals surface area contributed by atoms with Crippen LogP contribution in [-0.4, -0.2) is 36.7 Å². The predicted octanol–water partition coefficient (Wildman–Crippen LogP) is 4.40. The zero-order valence-corrected chi connectivity index (χ0v) is 18.2. The van der Waals surface area contributed by atoms with Crippen LogP contribution in [0.4, 0.5) is 5.13 Å². The molecule has 0 saturated heterocycles. The first-order chi connectivity index (χ1) is 13.9. The van der Waals surface area contributed by atoms with E-state index < -0.39 is 10.0 Å². The summed E-state index contributed by atoms with van der Waals surface area (Å²) in [6.45, 7) is 6.34. The number of nitrogens with zero attached hydrogens (tertiary/aromatic N) is 2. The molecule has 2 aromatic carbocycles. The van der Waals surface area contributed by atoms with Crippen molar-refractivity contribution in [2.75, 3.05) is 18.4 Å². The number of thiazole rings is 1. The van der Waals surface area contributed by atoms with Crippen LogP contribution in [0.15, 0.2) is 59.5 Å². The highest BCUT2D eigenvalue weighted by Crippen LogP contribution is 2.30. The first-order valence-electron chi connectivity index (χ1n) is 9.31. The van der Waals surface area contributed by atoms with Gasteiger partial charge in [0.25, 0.3) is 5.91 Å². The minimum atomic E-state index is -3.54. The Kier molecular flexibility index (Phi) is 6.46. The van der Waals surface area contributed by atoms with E-state index in [-0.39, 0.29) is 10.8 Å². The Labute approximate surface area is 175 Å². The van der Waals surface area contributed by atoms with Gasteiger partial charge in [-0.15, -0.1) is 11.3 Å². The Morgan fingerprint density at radius 2 is 1.66 bits per heavy atom. The summed E-state index contributed by atoms with van der Waals surface area (Å²) in [5.41, 5.74) is 2.21. The molecule has 0 atom stereocenters. The third kappa shape index (κ3) is 4.55. The Bertz CT molecular complexity index is 1090. The Balaban J connectivity index is 1.77. The van der Waals surface area contributed by atoms with Gasteiger partial charge < -0.3 is 0 Å². The lowest BCUT2D eigenvalue weighted by atomic mass is 10.1. The monoisotopic (exact) mass is 429 g/mol. The fraction of sp³-hybridized carbons (Fsp3) is 0.238. The number of sulfonamides is 1. The van der Waals surface area contributed by atoms with Crippen molar-refractivity contribution in [3.63, 3.8) is 0 Å². The van der Waals surface area contributed by atoms with Crippen LogP contribution in [0.5, 0.6) is 0 Å². The molecule has 0 aliphatic rings. The highest BCUT2D eigenvalue weighted by Gasteiger charge is 2.22. The average molecular weight is 430 g/mol. The van der Waals surface area contributed by atoms with Crippen molar-refractivity contribution in [2.45, 2.75) is 25.7 Å². The lowest BCUT2D eigenvalue weighted by molar-refractivity contribution is 0.102. The van der Waals surface area contributed by atoms with Crippen LogP contribution >= 0.6 is 11.3 Å². The maximum atomic E-state index is 12.6. The number of hydrogen-bond donors (Lipinski definition) is 1. The van der Waals surface area contributed by atoms with Gasteiger partial charge in [0.1, 0.15) is 0 Å². The van der Waals surface area contributed by atoms with Gasteiger partial charge in [-0.25, -0.2) is 13.4 Å². The summed E-state index contributed by atoms with van der Waals surface area (Å²) >= 11 is 1.40. The molecule has 1 aromatic heterocycles. The van der Waals surface area contributed by atoms with Crippen LogP contribution in [0.1, 0.15) is 29.1 Å². The summed E-state index contributed by atoms with van der Waals surface area (Å²) in [4.78, 5) is 18.3. The van der Waals surface area contributed by atoms with Crippen LogP contribution in [0.3, 0.4) is 0 Å². The molecule has 0 aliphatic heterocycles. The minimum absolute atomic E-state index is 0.175. The number of aromatic nitrogens is 1. The lowest BCUT2D eigenvalue weighted by Crippen LogP contribution is -2.30. The Morgan fingerprint density at radius 3 is 2.24 bits per heavy atom. The number of aryl methyl sites for hydroxylation is 1. The summed E-state index contributed by atoms with van der Waals surface area (Å²) in [5, 5.41) is 3.31. The molecule has 0 bridgehead atoms. The molecule has 0 saturated carbocycles. The zero-order valence-electron chi connectivity index (χ0n) is 16.5. The van der Waals surface area contributed by atoms with E-state index in [9.17, 15) is 13.2 Å². The summed E-state index contributed by atoms with van der Waals surface area (Å²) < 4.78 is 26.5. The van der Waals surface area contributed by atoms with Gasteiger partial charge in [-0.3, -0.25) is 10.1 Å². The first-order valence-corrected chi connectivity index (χ1v) is 11.6. The third-order valence-corrected chi connectivity index (χ3v) is 7.47. The van der Waals surface area contributed by atoms with Crippen molar-refractivity contribution in [1.82, 2.24) is 9.29 Å². The van der Waals surface area contributed by atoms with Gasteiger partial charge >= 0.3 is 0 Å². The van der Waals surface area contributed by atoms with E-state index in [1.165, 1.54) is 39.9 Å². The molecule has 0 fully saturated rings.